The third-order valence-electron chi connectivity index (χ3n) is 2.72. The molecule has 0 bridgehead atoms. The Morgan fingerprint density at radius 1 is 1.26 bits per heavy atom. The average molecular weight is 272 g/mol. The Balaban J connectivity index is 2.16. The van der Waals surface area contributed by atoms with E-state index in [0.29, 0.717) is 22.6 Å². The Bertz CT molecular complexity index is 647. The van der Waals surface area contributed by atoms with Crippen LogP contribution < -0.4 is 5.73 Å². The minimum atomic E-state index is -0.294. The van der Waals surface area contributed by atoms with Crippen LogP contribution in [0.2, 0.25) is 0 Å². The number of anilines is 1. The van der Waals surface area contributed by atoms with E-state index in [1.165, 1.54) is 23.9 Å². The van der Waals surface area contributed by atoms with Crippen LogP contribution in [-0.2, 0) is 5.75 Å². The molecule has 0 radical (unpaired) electrons. The Hall–Kier alpha value is -1.99. The van der Waals surface area contributed by atoms with E-state index in [1.54, 1.807) is 6.07 Å². The van der Waals surface area contributed by atoms with Gasteiger partial charge in [-0.15, -0.1) is 11.8 Å². The van der Waals surface area contributed by atoms with Gasteiger partial charge >= 0.3 is 0 Å². The summed E-state index contributed by atoms with van der Waals surface area (Å²) in [6, 6.07) is 12.2. The second-order valence-corrected chi connectivity index (χ2v) is 5.27. The van der Waals surface area contributed by atoms with Gasteiger partial charge in [0.15, 0.2) is 0 Å². The number of halogens is 1. The summed E-state index contributed by atoms with van der Waals surface area (Å²) in [5.41, 5.74) is 8.69. The SMILES string of the molecule is Cc1ccc(SCc2cc(C#N)ccc2F)c(N)c1. The Morgan fingerprint density at radius 3 is 2.74 bits per heavy atom. The maximum absolute atomic E-state index is 13.6. The lowest BCUT2D eigenvalue weighted by molar-refractivity contribution is 0.617. The lowest BCUT2D eigenvalue weighted by Crippen LogP contribution is -1.92. The van der Waals surface area contributed by atoms with Gasteiger partial charge < -0.3 is 5.73 Å². The van der Waals surface area contributed by atoms with Gasteiger partial charge in [0.25, 0.3) is 0 Å². The van der Waals surface area contributed by atoms with Crippen molar-refractivity contribution in [3.63, 3.8) is 0 Å². The minimum absolute atomic E-state index is 0.294. The summed E-state index contributed by atoms with van der Waals surface area (Å²) in [4.78, 5) is 0.923. The van der Waals surface area contributed by atoms with E-state index in [-0.39, 0.29) is 5.82 Å². The molecule has 0 amide bonds. The van der Waals surface area contributed by atoms with Gasteiger partial charge in [-0.3, -0.25) is 0 Å². The zero-order valence-electron chi connectivity index (χ0n) is 10.5. The van der Waals surface area contributed by atoms with Crippen LogP contribution in [0.25, 0.3) is 0 Å². The summed E-state index contributed by atoms with van der Waals surface area (Å²) in [5.74, 6) is 0.159. The standard InChI is InChI=1S/C15H13FN2S/c1-10-2-5-15(14(18)6-10)19-9-12-7-11(8-17)3-4-13(12)16/h2-7H,9,18H2,1H3. The van der Waals surface area contributed by atoms with Gasteiger partial charge in [0.05, 0.1) is 11.6 Å². The van der Waals surface area contributed by atoms with Crippen molar-refractivity contribution in [3.8, 4) is 6.07 Å². The lowest BCUT2D eigenvalue weighted by Gasteiger charge is -2.07. The van der Waals surface area contributed by atoms with Crippen molar-refractivity contribution in [1.29, 1.82) is 5.26 Å². The molecule has 0 aliphatic carbocycles. The molecule has 2 aromatic rings. The molecule has 2 aromatic carbocycles. The molecular weight excluding hydrogens is 259 g/mol. The number of nitriles is 1. The van der Waals surface area contributed by atoms with Gasteiger partial charge in [-0.05, 0) is 48.4 Å². The van der Waals surface area contributed by atoms with Crippen molar-refractivity contribution in [2.24, 2.45) is 0 Å². The second-order valence-electron chi connectivity index (χ2n) is 4.25. The molecule has 0 aliphatic rings. The fraction of sp³-hybridized carbons (Fsp3) is 0.133. The van der Waals surface area contributed by atoms with Crippen molar-refractivity contribution in [2.75, 3.05) is 5.73 Å². The van der Waals surface area contributed by atoms with Gasteiger partial charge in [0.2, 0.25) is 0 Å². The molecule has 96 valence electrons. The molecule has 19 heavy (non-hydrogen) atoms. The number of nitrogens with zero attached hydrogens (tertiary/aromatic N) is 1. The number of aryl methyl sites for hydroxylation is 1. The molecule has 0 spiro atoms. The normalized spacial score (nSPS) is 10.2. The molecule has 0 saturated heterocycles. The molecule has 0 aromatic heterocycles. The first-order chi connectivity index (χ1) is 9.10. The van der Waals surface area contributed by atoms with E-state index >= 15 is 0 Å². The van der Waals surface area contributed by atoms with E-state index in [1.807, 2.05) is 31.2 Å². The maximum atomic E-state index is 13.6. The van der Waals surface area contributed by atoms with Crippen molar-refractivity contribution >= 4 is 17.4 Å². The summed E-state index contributed by atoms with van der Waals surface area (Å²) in [5, 5.41) is 8.81. The summed E-state index contributed by atoms with van der Waals surface area (Å²) in [7, 11) is 0. The number of benzene rings is 2. The van der Waals surface area contributed by atoms with Crippen LogP contribution in [0.15, 0.2) is 41.3 Å². The fourth-order valence-electron chi connectivity index (χ4n) is 1.71. The van der Waals surface area contributed by atoms with Crippen molar-refractivity contribution in [1.82, 2.24) is 0 Å². The molecule has 0 unspecified atom stereocenters. The number of rotatable bonds is 3. The highest BCUT2D eigenvalue weighted by Crippen LogP contribution is 2.29. The van der Waals surface area contributed by atoms with Gasteiger partial charge in [-0.2, -0.15) is 5.26 Å². The van der Waals surface area contributed by atoms with Crippen LogP contribution in [0, 0.1) is 24.1 Å². The van der Waals surface area contributed by atoms with Crippen molar-refractivity contribution in [2.45, 2.75) is 17.6 Å². The number of hydrogen-bond acceptors (Lipinski definition) is 3. The molecule has 2 rings (SSSR count). The van der Waals surface area contributed by atoms with Gasteiger partial charge in [0, 0.05) is 16.3 Å². The maximum Gasteiger partial charge on any atom is 0.127 e. The molecular formula is C15H13FN2S. The van der Waals surface area contributed by atoms with Crippen LogP contribution in [0.4, 0.5) is 10.1 Å². The molecule has 0 saturated carbocycles. The molecule has 0 heterocycles. The summed E-state index contributed by atoms with van der Waals surface area (Å²) < 4.78 is 13.6. The lowest BCUT2D eigenvalue weighted by atomic mass is 10.1. The zero-order chi connectivity index (χ0) is 13.8. The van der Waals surface area contributed by atoms with Crippen LogP contribution in [0.1, 0.15) is 16.7 Å². The Morgan fingerprint density at radius 2 is 2.05 bits per heavy atom. The summed E-state index contributed by atoms with van der Waals surface area (Å²) in [6.07, 6.45) is 0. The predicted molar refractivity (Wildman–Crippen MR) is 76.3 cm³/mol. The topological polar surface area (TPSA) is 49.8 Å². The van der Waals surface area contributed by atoms with Crippen molar-refractivity contribution in [3.05, 3.63) is 58.9 Å². The van der Waals surface area contributed by atoms with E-state index in [0.717, 1.165) is 10.5 Å². The molecule has 4 heteroatoms. The highest BCUT2D eigenvalue weighted by Gasteiger charge is 2.06. The Kier molecular flexibility index (Phi) is 4.08. The first kappa shape index (κ1) is 13.4. The van der Waals surface area contributed by atoms with Crippen molar-refractivity contribution < 1.29 is 4.39 Å². The molecule has 0 aliphatic heterocycles. The zero-order valence-corrected chi connectivity index (χ0v) is 11.3. The second kappa shape index (κ2) is 5.77. The third kappa shape index (κ3) is 3.27. The minimum Gasteiger partial charge on any atom is -0.398 e. The quantitative estimate of drug-likeness (QED) is 0.681. The number of nitrogen functional groups attached to an aromatic ring is 1. The number of thioether (sulfide) groups is 1. The fourth-order valence-corrected chi connectivity index (χ4v) is 2.63. The van der Waals surface area contributed by atoms with Crippen LogP contribution in [0.5, 0.6) is 0 Å². The molecule has 2 N–H and O–H groups in total. The van der Waals surface area contributed by atoms with Crippen LogP contribution in [0.3, 0.4) is 0 Å². The van der Waals surface area contributed by atoms with Gasteiger partial charge in [0.1, 0.15) is 5.82 Å². The van der Waals surface area contributed by atoms with Crippen LogP contribution >= 0.6 is 11.8 Å². The molecule has 2 nitrogen and oxygen atoms in total. The largest absolute Gasteiger partial charge is 0.398 e. The molecule has 0 fully saturated rings. The first-order valence-corrected chi connectivity index (χ1v) is 6.76. The summed E-state index contributed by atoms with van der Waals surface area (Å²) in [6.45, 7) is 1.97. The first-order valence-electron chi connectivity index (χ1n) is 5.77. The van der Waals surface area contributed by atoms with Gasteiger partial charge in [-0.25, -0.2) is 4.39 Å². The molecule has 0 atom stereocenters. The van der Waals surface area contributed by atoms with E-state index in [4.69, 9.17) is 11.0 Å². The van der Waals surface area contributed by atoms with E-state index in [2.05, 4.69) is 0 Å². The highest BCUT2D eigenvalue weighted by molar-refractivity contribution is 7.98. The summed E-state index contributed by atoms with van der Waals surface area (Å²) >= 11 is 1.47. The smallest absolute Gasteiger partial charge is 0.127 e. The highest BCUT2D eigenvalue weighted by atomic mass is 32.2. The Labute approximate surface area is 116 Å². The number of nitrogens with two attached hydrogens (primary N) is 1. The monoisotopic (exact) mass is 272 g/mol. The predicted octanol–water partition coefficient (Wildman–Crippen LogP) is 3.88. The van der Waals surface area contributed by atoms with E-state index in [9.17, 15) is 4.39 Å². The van der Waals surface area contributed by atoms with Gasteiger partial charge in [-0.1, -0.05) is 6.07 Å². The van der Waals surface area contributed by atoms with E-state index < -0.39 is 0 Å². The number of hydrogen-bond donors (Lipinski definition) is 1. The van der Waals surface area contributed by atoms with Crippen LogP contribution in [-0.4, -0.2) is 0 Å². The average Bonchev–Trinajstić information content (AvgIpc) is 2.39. The third-order valence-corrected chi connectivity index (χ3v) is 3.86.